The smallest absolute Gasteiger partial charge is 0.261 e. The van der Waals surface area contributed by atoms with Gasteiger partial charge in [-0.25, -0.2) is 8.42 Å². The molecule has 1 N–H and O–H groups in total. The average molecular weight is 254 g/mol. The third-order valence-corrected chi connectivity index (χ3v) is 4.85. The number of nitrogens with zero attached hydrogens (tertiary/aromatic N) is 3. The Labute approximate surface area is 100 Å². The standard InChI is InChI=1S/C10H14N4O2S/c11-6-8-14(9-3-1-2-4-9)17(15,16)10-5-7-12-13-10/h5,7,9H,1-4,8H2,(H,12,13). The highest BCUT2D eigenvalue weighted by atomic mass is 32.2. The summed E-state index contributed by atoms with van der Waals surface area (Å²) in [6.45, 7) is -0.105. The summed E-state index contributed by atoms with van der Waals surface area (Å²) < 4.78 is 25.8. The Morgan fingerprint density at radius 1 is 1.53 bits per heavy atom. The summed E-state index contributed by atoms with van der Waals surface area (Å²) in [6, 6.07) is 3.28. The van der Waals surface area contributed by atoms with Crippen LogP contribution in [0.4, 0.5) is 0 Å². The van der Waals surface area contributed by atoms with Crippen molar-refractivity contribution in [3.05, 3.63) is 12.3 Å². The minimum Gasteiger partial charge on any atom is -0.266 e. The van der Waals surface area contributed by atoms with Gasteiger partial charge in [-0.15, -0.1) is 0 Å². The molecule has 7 heteroatoms. The molecule has 0 aliphatic heterocycles. The third kappa shape index (κ3) is 2.33. The van der Waals surface area contributed by atoms with Gasteiger partial charge in [-0.1, -0.05) is 12.8 Å². The van der Waals surface area contributed by atoms with Crippen LogP contribution in [-0.4, -0.2) is 35.5 Å². The van der Waals surface area contributed by atoms with Crippen LogP contribution in [-0.2, 0) is 10.0 Å². The van der Waals surface area contributed by atoms with Crippen molar-refractivity contribution in [3.8, 4) is 6.07 Å². The lowest BCUT2D eigenvalue weighted by molar-refractivity contribution is 0.349. The average Bonchev–Trinajstić information content (AvgIpc) is 2.97. The molecular weight excluding hydrogens is 240 g/mol. The molecule has 1 aromatic rings. The molecule has 92 valence electrons. The zero-order valence-electron chi connectivity index (χ0n) is 9.33. The van der Waals surface area contributed by atoms with Gasteiger partial charge in [-0.2, -0.15) is 14.7 Å². The third-order valence-electron chi connectivity index (χ3n) is 3.02. The van der Waals surface area contributed by atoms with Gasteiger partial charge >= 0.3 is 0 Å². The summed E-state index contributed by atoms with van der Waals surface area (Å²) in [4.78, 5) is 0. The highest BCUT2D eigenvalue weighted by Gasteiger charge is 2.33. The minimum absolute atomic E-state index is 0.0528. The molecule has 0 radical (unpaired) electrons. The first-order valence-corrected chi connectivity index (χ1v) is 6.98. The fraction of sp³-hybridized carbons (Fsp3) is 0.600. The van der Waals surface area contributed by atoms with Crippen LogP contribution >= 0.6 is 0 Å². The van der Waals surface area contributed by atoms with Crippen LogP contribution in [0.5, 0.6) is 0 Å². The lowest BCUT2D eigenvalue weighted by Crippen LogP contribution is -2.39. The molecule has 0 spiro atoms. The Morgan fingerprint density at radius 3 is 2.76 bits per heavy atom. The van der Waals surface area contributed by atoms with E-state index < -0.39 is 10.0 Å². The molecule has 0 saturated heterocycles. The van der Waals surface area contributed by atoms with Crippen LogP contribution in [0.1, 0.15) is 25.7 Å². The molecule has 0 amide bonds. The van der Waals surface area contributed by atoms with E-state index in [9.17, 15) is 8.42 Å². The van der Waals surface area contributed by atoms with Crippen LogP contribution in [0.25, 0.3) is 0 Å². The fourth-order valence-corrected chi connectivity index (χ4v) is 3.67. The van der Waals surface area contributed by atoms with E-state index in [1.54, 1.807) is 0 Å². The Balaban J connectivity index is 2.30. The topological polar surface area (TPSA) is 89.8 Å². The molecule has 0 unspecified atom stereocenters. The van der Waals surface area contributed by atoms with Crippen LogP contribution in [0.3, 0.4) is 0 Å². The summed E-state index contributed by atoms with van der Waals surface area (Å²) >= 11 is 0. The van der Waals surface area contributed by atoms with Crippen molar-refractivity contribution in [3.63, 3.8) is 0 Å². The lowest BCUT2D eigenvalue weighted by Gasteiger charge is -2.24. The molecule has 1 aliphatic rings. The quantitative estimate of drug-likeness (QED) is 0.807. The van der Waals surface area contributed by atoms with Crippen molar-refractivity contribution in [1.82, 2.24) is 14.5 Å². The molecule has 2 rings (SSSR count). The second kappa shape index (κ2) is 4.85. The van der Waals surface area contributed by atoms with Gasteiger partial charge in [0.05, 0.1) is 12.3 Å². The maximum Gasteiger partial charge on any atom is 0.261 e. The monoisotopic (exact) mass is 254 g/mol. The fourth-order valence-electron chi connectivity index (χ4n) is 2.19. The molecule has 1 heterocycles. The first-order valence-electron chi connectivity index (χ1n) is 5.54. The second-order valence-corrected chi connectivity index (χ2v) is 5.93. The van der Waals surface area contributed by atoms with Gasteiger partial charge < -0.3 is 0 Å². The number of sulfonamides is 1. The van der Waals surface area contributed by atoms with E-state index in [0.717, 1.165) is 25.7 Å². The van der Waals surface area contributed by atoms with E-state index in [4.69, 9.17) is 5.26 Å². The highest BCUT2D eigenvalue weighted by molar-refractivity contribution is 7.89. The Bertz CT molecular complexity index is 497. The number of hydrogen-bond acceptors (Lipinski definition) is 4. The second-order valence-electron chi connectivity index (χ2n) is 4.07. The molecule has 1 saturated carbocycles. The summed E-state index contributed by atoms with van der Waals surface area (Å²) in [5, 5.41) is 14.9. The molecule has 17 heavy (non-hydrogen) atoms. The molecule has 1 aliphatic carbocycles. The van der Waals surface area contributed by atoms with E-state index in [2.05, 4.69) is 10.2 Å². The van der Waals surface area contributed by atoms with Crippen LogP contribution in [0.2, 0.25) is 0 Å². The van der Waals surface area contributed by atoms with Gasteiger partial charge in [0.2, 0.25) is 0 Å². The van der Waals surface area contributed by atoms with Crippen LogP contribution < -0.4 is 0 Å². The van der Waals surface area contributed by atoms with Crippen LogP contribution in [0, 0.1) is 11.3 Å². The maximum absolute atomic E-state index is 12.3. The number of aromatic amines is 1. The summed E-state index contributed by atoms with van der Waals surface area (Å²) in [7, 11) is -3.61. The van der Waals surface area contributed by atoms with E-state index in [-0.39, 0.29) is 17.6 Å². The number of aromatic nitrogens is 2. The van der Waals surface area contributed by atoms with Gasteiger partial charge in [0, 0.05) is 6.04 Å². The van der Waals surface area contributed by atoms with Crippen LogP contribution in [0.15, 0.2) is 17.3 Å². The van der Waals surface area contributed by atoms with Crippen molar-refractivity contribution in [2.45, 2.75) is 36.8 Å². The Morgan fingerprint density at radius 2 is 2.24 bits per heavy atom. The minimum atomic E-state index is -3.61. The van der Waals surface area contributed by atoms with E-state index >= 15 is 0 Å². The number of hydrogen-bond donors (Lipinski definition) is 1. The van der Waals surface area contributed by atoms with Gasteiger partial charge in [-0.05, 0) is 18.9 Å². The van der Waals surface area contributed by atoms with E-state index in [1.165, 1.54) is 16.6 Å². The first-order chi connectivity index (χ1) is 8.16. The number of nitriles is 1. The maximum atomic E-state index is 12.3. The molecule has 6 nitrogen and oxygen atoms in total. The van der Waals surface area contributed by atoms with Gasteiger partial charge in [-0.3, -0.25) is 5.10 Å². The van der Waals surface area contributed by atoms with E-state index in [1.807, 2.05) is 6.07 Å². The van der Waals surface area contributed by atoms with E-state index in [0.29, 0.717) is 0 Å². The summed E-state index contributed by atoms with van der Waals surface area (Å²) in [5.41, 5.74) is 0. The highest BCUT2D eigenvalue weighted by Crippen LogP contribution is 2.27. The van der Waals surface area contributed by atoms with Crippen molar-refractivity contribution in [2.75, 3.05) is 6.54 Å². The van der Waals surface area contributed by atoms with Crippen molar-refractivity contribution in [2.24, 2.45) is 0 Å². The van der Waals surface area contributed by atoms with Gasteiger partial charge in [0.15, 0.2) is 5.03 Å². The van der Waals surface area contributed by atoms with Gasteiger partial charge in [0.25, 0.3) is 10.0 Å². The largest absolute Gasteiger partial charge is 0.266 e. The predicted molar refractivity (Wildman–Crippen MR) is 60.3 cm³/mol. The normalized spacial score (nSPS) is 17.4. The number of nitrogens with one attached hydrogen (secondary N) is 1. The lowest BCUT2D eigenvalue weighted by atomic mass is 10.2. The molecule has 0 aromatic carbocycles. The first kappa shape index (κ1) is 12.1. The number of rotatable bonds is 4. The zero-order valence-corrected chi connectivity index (χ0v) is 10.2. The van der Waals surface area contributed by atoms with Crippen molar-refractivity contribution < 1.29 is 8.42 Å². The van der Waals surface area contributed by atoms with Crippen molar-refractivity contribution >= 4 is 10.0 Å². The Hall–Kier alpha value is -1.39. The zero-order chi connectivity index (χ0) is 12.3. The summed E-state index contributed by atoms with van der Waals surface area (Å²) in [5.74, 6) is 0. The molecular formula is C10H14N4O2S. The molecule has 1 aromatic heterocycles. The number of H-pyrrole nitrogens is 1. The SMILES string of the molecule is N#CCN(C1CCCC1)S(=O)(=O)c1ccn[nH]1. The predicted octanol–water partition coefficient (Wildman–Crippen LogP) is 0.867. The molecule has 0 atom stereocenters. The summed E-state index contributed by atoms with van der Waals surface area (Å²) in [6.07, 6.45) is 5.09. The Kier molecular flexibility index (Phi) is 3.45. The molecule has 1 fully saturated rings. The van der Waals surface area contributed by atoms with Gasteiger partial charge in [0.1, 0.15) is 6.54 Å². The van der Waals surface area contributed by atoms with Crippen molar-refractivity contribution in [1.29, 1.82) is 5.26 Å². The molecule has 0 bridgehead atoms.